The Kier molecular flexibility index (Phi) is 7.99. The minimum absolute atomic E-state index is 0.0322. The Bertz CT molecular complexity index is 696. The highest BCUT2D eigenvalue weighted by atomic mass is 32.2. The van der Waals surface area contributed by atoms with Gasteiger partial charge in [0, 0.05) is 39.8 Å². The van der Waals surface area contributed by atoms with Gasteiger partial charge < -0.3 is 10.1 Å². The van der Waals surface area contributed by atoms with Crippen LogP contribution in [-0.2, 0) is 19.6 Å². The average molecular weight is 386 g/mol. The fourth-order valence-corrected chi connectivity index (χ4v) is 4.76. The van der Waals surface area contributed by atoms with Crippen molar-refractivity contribution in [2.75, 3.05) is 33.4 Å². The van der Waals surface area contributed by atoms with E-state index in [0.717, 1.165) is 18.9 Å². The van der Waals surface area contributed by atoms with Crippen molar-refractivity contribution in [1.29, 1.82) is 0 Å². The Balaban J connectivity index is 1.87. The predicted octanol–water partition coefficient (Wildman–Crippen LogP) is 2.16. The second kappa shape index (κ2) is 9.99. The van der Waals surface area contributed by atoms with Crippen molar-refractivity contribution >= 4 is 15.9 Å². The molecular weight excluding hydrogens is 359 g/mol. The number of nitrogens with zero attached hydrogens (tertiary/aromatic N) is 1. The molecule has 0 radical (unpaired) electrons. The first kappa shape index (κ1) is 20.8. The van der Waals surface area contributed by atoms with Gasteiger partial charge in [0.25, 0.3) is 0 Å². The minimum atomic E-state index is -3.84. The van der Waals surface area contributed by atoms with Crippen LogP contribution in [0.3, 0.4) is 0 Å². The molecule has 1 atom stereocenters. The highest BCUT2D eigenvalue weighted by Gasteiger charge is 2.31. The number of carbonyl (C=O) groups is 1. The SMILES string of the molecule is COCCCNC(=O)CCC1CCCN(S(=O)(=O)c2ccccc2F)C1. The van der Waals surface area contributed by atoms with Crippen LogP contribution < -0.4 is 5.32 Å². The lowest BCUT2D eigenvalue weighted by Crippen LogP contribution is -2.40. The Morgan fingerprint density at radius 2 is 2.15 bits per heavy atom. The number of amides is 1. The Hall–Kier alpha value is -1.51. The summed E-state index contributed by atoms with van der Waals surface area (Å²) in [5, 5.41) is 2.83. The summed E-state index contributed by atoms with van der Waals surface area (Å²) in [5.74, 6) is -0.657. The maximum atomic E-state index is 13.9. The Morgan fingerprint density at radius 1 is 1.38 bits per heavy atom. The van der Waals surface area contributed by atoms with Gasteiger partial charge in [0.05, 0.1) is 0 Å². The third kappa shape index (κ3) is 5.75. The van der Waals surface area contributed by atoms with Gasteiger partial charge >= 0.3 is 0 Å². The van der Waals surface area contributed by atoms with E-state index >= 15 is 0 Å². The molecule has 1 fully saturated rings. The number of carbonyl (C=O) groups excluding carboxylic acids is 1. The number of ether oxygens (including phenoxy) is 1. The van der Waals surface area contributed by atoms with Crippen molar-refractivity contribution in [2.24, 2.45) is 5.92 Å². The lowest BCUT2D eigenvalue weighted by molar-refractivity contribution is -0.121. The number of hydrogen-bond acceptors (Lipinski definition) is 4. The fraction of sp³-hybridized carbons (Fsp3) is 0.611. The first-order chi connectivity index (χ1) is 12.4. The molecule has 2 rings (SSSR count). The van der Waals surface area contributed by atoms with E-state index in [-0.39, 0.29) is 16.7 Å². The zero-order valence-corrected chi connectivity index (χ0v) is 15.9. The zero-order chi connectivity index (χ0) is 19.0. The molecule has 1 aromatic rings. The van der Waals surface area contributed by atoms with Gasteiger partial charge in [-0.3, -0.25) is 4.79 Å². The zero-order valence-electron chi connectivity index (χ0n) is 15.1. The largest absolute Gasteiger partial charge is 0.385 e. The molecular formula is C18H27FN2O4S. The van der Waals surface area contributed by atoms with Crippen LogP contribution in [0.15, 0.2) is 29.2 Å². The molecule has 1 aliphatic rings. The summed E-state index contributed by atoms with van der Waals surface area (Å²) < 4.78 is 45.5. The average Bonchev–Trinajstić information content (AvgIpc) is 2.64. The fourth-order valence-electron chi connectivity index (χ4n) is 3.14. The molecule has 1 N–H and O–H groups in total. The molecule has 0 saturated carbocycles. The van der Waals surface area contributed by atoms with Crippen LogP contribution in [-0.4, -0.2) is 52.0 Å². The van der Waals surface area contributed by atoms with Crippen LogP contribution in [0.2, 0.25) is 0 Å². The molecule has 1 amide bonds. The van der Waals surface area contributed by atoms with Crippen LogP contribution >= 0.6 is 0 Å². The van der Waals surface area contributed by atoms with Crippen molar-refractivity contribution in [1.82, 2.24) is 9.62 Å². The van der Waals surface area contributed by atoms with E-state index in [4.69, 9.17) is 4.74 Å². The van der Waals surface area contributed by atoms with E-state index in [1.165, 1.54) is 22.5 Å². The van der Waals surface area contributed by atoms with E-state index in [9.17, 15) is 17.6 Å². The van der Waals surface area contributed by atoms with E-state index in [0.29, 0.717) is 45.5 Å². The Morgan fingerprint density at radius 3 is 2.88 bits per heavy atom. The number of methoxy groups -OCH3 is 1. The third-order valence-electron chi connectivity index (χ3n) is 4.56. The number of halogens is 1. The highest BCUT2D eigenvalue weighted by Crippen LogP contribution is 2.27. The number of piperidine rings is 1. The topological polar surface area (TPSA) is 75.7 Å². The van der Waals surface area contributed by atoms with Crippen LogP contribution in [0.5, 0.6) is 0 Å². The smallest absolute Gasteiger partial charge is 0.245 e. The second-order valence-electron chi connectivity index (χ2n) is 6.54. The van der Waals surface area contributed by atoms with Gasteiger partial charge in [-0.05, 0) is 43.7 Å². The van der Waals surface area contributed by atoms with Gasteiger partial charge in [-0.25, -0.2) is 12.8 Å². The molecule has 1 unspecified atom stereocenters. The van der Waals surface area contributed by atoms with E-state index in [1.54, 1.807) is 7.11 Å². The summed E-state index contributed by atoms with van der Waals surface area (Å²) in [6.45, 7) is 1.89. The number of sulfonamides is 1. The lowest BCUT2D eigenvalue weighted by Gasteiger charge is -2.32. The van der Waals surface area contributed by atoms with Crippen molar-refractivity contribution < 1.29 is 22.3 Å². The molecule has 8 heteroatoms. The van der Waals surface area contributed by atoms with Crippen LogP contribution in [0.1, 0.15) is 32.1 Å². The molecule has 26 heavy (non-hydrogen) atoms. The van der Waals surface area contributed by atoms with Crippen molar-refractivity contribution in [3.05, 3.63) is 30.1 Å². The summed E-state index contributed by atoms with van der Waals surface area (Å²) in [6, 6.07) is 5.44. The van der Waals surface area contributed by atoms with Gasteiger partial charge in [0.15, 0.2) is 0 Å². The van der Waals surface area contributed by atoms with Crippen molar-refractivity contribution in [3.8, 4) is 0 Å². The van der Waals surface area contributed by atoms with E-state index in [2.05, 4.69) is 5.32 Å². The predicted molar refractivity (Wildman–Crippen MR) is 96.6 cm³/mol. The van der Waals surface area contributed by atoms with Crippen molar-refractivity contribution in [2.45, 2.75) is 37.0 Å². The maximum absolute atomic E-state index is 13.9. The molecule has 146 valence electrons. The standard InChI is InChI=1S/C18H27FN2O4S/c1-25-13-5-11-20-18(22)10-9-15-6-4-12-21(14-15)26(23,24)17-8-3-2-7-16(17)19/h2-3,7-8,15H,4-6,9-14H2,1H3,(H,20,22). The van der Waals surface area contributed by atoms with Crippen molar-refractivity contribution in [3.63, 3.8) is 0 Å². The normalized spacial score (nSPS) is 18.6. The summed E-state index contributed by atoms with van der Waals surface area (Å²) in [5.41, 5.74) is 0. The van der Waals surface area contributed by atoms with E-state index in [1.807, 2.05) is 0 Å². The first-order valence-electron chi connectivity index (χ1n) is 8.95. The monoisotopic (exact) mass is 386 g/mol. The molecule has 6 nitrogen and oxygen atoms in total. The van der Waals surface area contributed by atoms with Gasteiger partial charge in [0.2, 0.25) is 15.9 Å². The quantitative estimate of drug-likeness (QED) is 0.660. The van der Waals surface area contributed by atoms with Gasteiger partial charge in [-0.1, -0.05) is 12.1 Å². The highest BCUT2D eigenvalue weighted by molar-refractivity contribution is 7.89. The summed E-state index contributed by atoms with van der Waals surface area (Å²) >= 11 is 0. The third-order valence-corrected chi connectivity index (χ3v) is 6.46. The molecule has 0 aromatic heterocycles. The van der Waals surface area contributed by atoms with Crippen LogP contribution in [0, 0.1) is 11.7 Å². The van der Waals surface area contributed by atoms with Gasteiger partial charge in [-0.15, -0.1) is 0 Å². The number of rotatable bonds is 9. The van der Waals surface area contributed by atoms with Gasteiger partial charge in [0.1, 0.15) is 10.7 Å². The number of benzene rings is 1. The lowest BCUT2D eigenvalue weighted by atomic mass is 9.94. The molecule has 1 aliphatic heterocycles. The van der Waals surface area contributed by atoms with Crippen LogP contribution in [0.4, 0.5) is 4.39 Å². The molecule has 1 aromatic carbocycles. The molecule has 0 spiro atoms. The van der Waals surface area contributed by atoms with E-state index < -0.39 is 15.8 Å². The summed E-state index contributed by atoms with van der Waals surface area (Å²) in [6.07, 6.45) is 3.35. The second-order valence-corrected chi connectivity index (χ2v) is 8.44. The molecule has 1 saturated heterocycles. The van der Waals surface area contributed by atoms with Gasteiger partial charge in [-0.2, -0.15) is 4.31 Å². The first-order valence-corrected chi connectivity index (χ1v) is 10.4. The summed E-state index contributed by atoms with van der Waals surface area (Å²) in [4.78, 5) is 11.6. The molecule has 0 bridgehead atoms. The molecule has 0 aliphatic carbocycles. The number of hydrogen-bond donors (Lipinski definition) is 1. The summed E-state index contributed by atoms with van der Waals surface area (Å²) in [7, 11) is -2.22. The molecule has 1 heterocycles. The Labute approximate surface area is 154 Å². The number of nitrogens with one attached hydrogen (secondary N) is 1. The maximum Gasteiger partial charge on any atom is 0.245 e. The minimum Gasteiger partial charge on any atom is -0.385 e. The van der Waals surface area contributed by atoms with Crippen LogP contribution in [0.25, 0.3) is 0 Å².